The van der Waals surface area contributed by atoms with Crippen LogP contribution in [0.5, 0.6) is 0 Å². The second-order valence-corrected chi connectivity index (χ2v) is 4.73. The summed E-state index contributed by atoms with van der Waals surface area (Å²) in [5, 5.41) is 13.9. The van der Waals surface area contributed by atoms with Gasteiger partial charge in [0, 0.05) is 0 Å². The van der Waals surface area contributed by atoms with Crippen LogP contribution >= 0.6 is 0 Å². The maximum absolute atomic E-state index is 11.8. The van der Waals surface area contributed by atoms with E-state index in [1.165, 1.54) is 13.8 Å². The molecule has 2 amide bonds. The molecule has 0 aliphatic heterocycles. The van der Waals surface area contributed by atoms with Gasteiger partial charge in [0.05, 0.1) is 6.04 Å². The summed E-state index contributed by atoms with van der Waals surface area (Å²) in [6.45, 7) is 6.56. The molecule has 0 aromatic heterocycles. The fourth-order valence-corrected chi connectivity index (χ4v) is 1.37. The standard InChI is InChI=1S/C12H23N3O4/c1-5-6(2)9(12(18)19)15-11(17)8(4)14-10(16)7(3)13/h6-9H,5,13H2,1-4H3,(H,14,16)(H,15,17)(H,18,19). The van der Waals surface area contributed by atoms with Crippen molar-refractivity contribution in [3.05, 3.63) is 0 Å². The van der Waals surface area contributed by atoms with Crippen LogP contribution in [0.2, 0.25) is 0 Å². The molecular formula is C12H23N3O4. The van der Waals surface area contributed by atoms with E-state index in [4.69, 9.17) is 10.8 Å². The largest absolute Gasteiger partial charge is 0.480 e. The van der Waals surface area contributed by atoms with Gasteiger partial charge in [-0.2, -0.15) is 0 Å². The summed E-state index contributed by atoms with van der Waals surface area (Å²) in [4.78, 5) is 34.2. The van der Waals surface area contributed by atoms with Gasteiger partial charge in [-0.15, -0.1) is 0 Å². The molecule has 0 spiro atoms. The van der Waals surface area contributed by atoms with Crippen LogP contribution in [0, 0.1) is 5.92 Å². The zero-order valence-corrected chi connectivity index (χ0v) is 11.8. The number of rotatable bonds is 7. The van der Waals surface area contributed by atoms with Crippen molar-refractivity contribution in [2.45, 2.75) is 52.2 Å². The number of nitrogens with one attached hydrogen (secondary N) is 2. The summed E-state index contributed by atoms with van der Waals surface area (Å²) in [6, 6.07) is -2.52. The van der Waals surface area contributed by atoms with Crippen molar-refractivity contribution < 1.29 is 19.5 Å². The van der Waals surface area contributed by atoms with E-state index in [1.54, 1.807) is 6.92 Å². The van der Waals surface area contributed by atoms with Gasteiger partial charge < -0.3 is 21.5 Å². The maximum Gasteiger partial charge on any atom is 0.326 e. The molecule has 0 heterocycles. The first-order valence-electron chi connectivity index (χ1n) is 6.29. The molecule has 4 atom stereocenters. The van der Waals surface area contributed by atoms with Gasteiger partial charge in [0.25, 0.3) is 0 Å². The molecule has 4 unspecified atom stereocenters. The first-order valence-corrected chi connectivity index (χ1v) is 6.29. The van der Waals surface area contributed by atoms with Crippen molar-refractivity contribution in [3.8, 4) is 0 Å². The number of nitrogens with two attached hydrogens (primary N) is 1. The van der Waals surface area contributed by atoms with Crippen LogP contribution in [0.4, 0.5) is 0 Å². The van der Waals surface area contributed by atoms with Crippen molar-refractivity contribution in [1.29, 1.82) is 0 Å². The monoisotopic (exact) mass is 273 g/mol. The Hall–Kier alpha value is -1.63. The average molecular weight is 273 g/mol. The molecule has 0 aromatic rings. The number of carbonyl (C=O) groups is 3. The molecule has 0 aliphatic rings. The number of hydrogen-bond donors (Lipinski definition) is 4. The third-order valence-electron chi connectivity index (χ3n) is 2.94. The fourth-order valence-electron chi connectivity index (χ4n) is 1.37. The number of amides is 2. The molecule has 7 nitrogen and oxygen atoms in total. The lowest BCUT2D eigenvalue weighted by Crippen LogP contribution is -2.54. The highest BCUT2D eigenvalue weighted by Crippen LogP contribution is 2.08. The molecule has 7 heteroatoms. The van der Waals surface area contributed by atoms with Crippen molar-refractivity contribution in [2.24, 2.45) is 11.7 Å². The Bertz CT molecular complexity index is 344. The second-order valence-electron chi connectivity index (χ2n) is 4.73. The molecule has 0 bridgehead atoms. The van der Waals surface area contributed by atoms with Crippen molar-refractivity contribution >= 4 is 17.8 Å². The molecule has 5 N–H and O–H groups in total. The summed E-state index contributed by atoms with van der Waals surface area (Å²) < 4.78 is 0. The fraction of sp³-hybridized carbons (Fsp3) is 0.750. The normalized spacial score (nSPS) is 16.9. The summed E-state index contributed by atoms with van der Waals surface area (Å²) >= 11 is 0. The van der Waals surface area contributed by atoms with E-state index in [2.05, 4.69) is 10.6 Å². The Morgan fingerprint density at radius 3 is 2.00 bits per heavy atom. The molecular weight excluding hydrogens is 250 g/mol. The van der Waals surface area contributed by atoms with Gasteiger partial charge in [-0.1, -0.05) is 20.3 Å². The second kappa shape index (κ2) is 7.73. The SMILES string of the molecule is CCC(C)C(NC(=O)C(C)NC(=O)C(C)N)C(=O)O. The zero-order valence-electron chi connectivity index (χ0n) is 11.8. The summed E-state index contributed by atoms with van der Waals surface area (Å²) in [7, 11) is 0. The van der Waals surface area contributed by atoms with Gasteiger partial charge >= 0.3 is 5.97 Å². The number of aliphatic carboxylic acids is 1. The van der Waals surface area contributed by atoms with Crippen LogP contribution < -0.4 is 16.4 Å². The Balaban J connectivity index is 4.56. The van der Waals surface area contributed by atoms with Crippen LogP contribution in [0.1, 0.15) is 34.1 Å². The quantitative estimate of drug-likeness (QED) is 0.496. The van der Waals surface area contributed by atoms with E-state index in [9.17, 15) is 14.4 Å². The molecule has 0 aromatic carbocycles. The number of carboxylic acid groups (broad SMARTS) is 1. The van der Waals surface area contributed by atoms with Crippen LogP contribution in [0.25, 0.3) is 0 Å². The number of hydrogen-bond acceptors (Lipinski definition) is 4. The van der Waals surface area contributed by atoms with Gasteiger partial charge in [-0.3, -0.25) is 9.59 Å². The molecule has 0 radical (unpaired) electrons. The van der Waals surface area contributed by atoms with Gasteiger partial charge in [-0.25, -0.2) is 4.79 Å². The summed E-state index contributed by atoms with van der Waals surface area (Å²) in [6.07, 6.45) is 0.623. The Morgan fingerprint density at radius 2 is 1.63 bits per heavy atom. The summed E-state index contributed by atoms with van der Waals surface area (Å²) in [5.41, 5.74) is 5.37. The van der Waals surface area contributed by atoms with Gasteiger partial charge in [0.1, 0.15) is 12.1 Å². The van der Waals surface area contributed by atoms with Gasteiger partial charge in [-0.05, 0) is 19.8 Å². The lowest BCUT2D eigenvalue weighted by molar-refractivity contribution is -0.143. The Kier molecular flexibility index (Phi) is 7.06. The van der Waals surface area contributed by atoms with Crippen molar-refractivity contribution in [1.82, 2.24) is 10.6 Å². The minimum Gasteiger partial charge on any atom is -0.480 e. The van der Waals surface area contributed by atoms with E-state index < -0.39 is 35.9 Å². The number of carbonyl (C=O) groups excluding carboxylic acids is 2. The lowest BCUT2D eigenvalue weighted by atomic mass is 9.99. The Morgan fingerprint density at radius 1 is 1.11 bits per heavy atom. The highest BCUT2D eigenvalue weighted by molar-refractivity contribution is 5.91. The number of carboxylic acids is 1. The van der Waals surface area contributed by atoms with Crippen molar-refractivity contribution in [2.75, 3.05) is 0 Å². The zero-order chi connectivity index (χ0) is 15.2. The molecule has 0 fully saturated rings. The van der Waals surface area contributed by atoms with E-state index in [-0.39, 0.29) is 5.92 Å². The van der Waals surface area contributed by atoms with Crippen LogP contribution in [-0.4, -0.2) is 41.0 Å². The van der Waals surface area contributed by atoms with Crippen LogP contribution in [0.15, 0.2) is 0 Å². The van der Waals surface area contributed by atoms with Crippen LogP contribution in [-0.2, 0) is 14.4 Å². The van der Waals surface area contributed by atoms with Crippen LogP contribution in [0.3, 0.4) is 0 Å². The first-order chi connectivity index (χ1) is 8.70. The van der Waals surface area contributed by atoms with E-state index in [0.29, 0.717) is 6.42 Å². The lowest BCUT2D eigenvalue weighted by Gasteiger charge is -2.23. The van der Waals surface area contributed by atoms with Crippen molar-refractivity contribution in [3.63, 3.8) is 0 Å². The third-order valence-corrected chi connectivity index (χ3v) is 2.94. The highest BCUT2D eigenvalue weighted by atomic mass is 16.4. The topological polar surface area (TPSA) is 122 Å². The van der Waals surface area contributed by atoms with E-state index >= 15 is 0 Å². The summed E-state index contributed by atoms with van der Waals surface area (Å²) in [5.74, 6) is -2.29. The molecule has 0 saturated heterocycles. The molecule has 0 rings (SSSR count). The van der Waals surface area contributed by atoms with E-state index in [1.807, 2.05) is 6.92 Å². The molecule has 19 heavy (non-hydrogen) atoms. The molecule has 0 aliphatic carbocycles. The predicted octanol–water partition coefficient (Wildman–Crippen LogP) is -0.546. The van der Waals surface area contributed by atoms with E-state index in [0.717, 1.165) is 0 Å². The average Bonchev–Trinajstić information content (AvgIpc) is 2.33. The molecule has 110 valence electrons. The minimum absolute atomic E-state index is 0.196. The predicted molar refractivity (Wildman–Crippen MR) is 70.3 cm³/mol. The highest BCUT2D eigenvalue weighted by Gasteiger charge is 2.27. The van der Waals surface area contributed by atoms with Gasteiger partial charge in [0.2, 0.25) is 11.8 Å². The van der Waals surface area contributed by atoms with Gasteiger partial charge in [0.15, 0.2) is 0 Å². The first kappa shape index (κ1) is 17.4. The molecule has 0 saturated carbocycles. The smallest absolute Gasteiger partial charge is 0.326 e. The third kappa shape index (κ3) is 5.69. The maximum atomic E-state index is 11.8. The Labute approximate surface area is 112 Å². The minimum atomic E-state index is -1.09.